The molecule has 1 aromatic carbocycles. The van der Waals surface area contributed by atoms with Crippen LogP contribution < -0.4 is 4.90 Å². The van der Waals surface area contributed by atoms with Crippen molar-refractivity contribution in [2.75, 3.05) is 44.3 Å². The molecule has 0 bridgehead atoms. The number of ether oxygens (including phenoxy) is 1. The lowest BCUT2D eigenvalue weighted by molar-refractivity contribution is 0.0209. The second kappa shape index (κ2) is 6.12. The summed E-state index contributed by atoms with van der Waals surface area (Å²) in [5.74, 6) is 0. The van der Waals surface area contributed by atoms with Gasteiger partial charge in [0.1, 0.15) is 0 Å². The Morgan fingerprint density at radius 2 is 1.85 bits per heavy atom. The van der Waals surface area contributed by atoms with Crippen LogP contribution in [0.3, 0.4) is 0 Å². The third-order valence-corrected chi connectivity index (χ3v) is 4.47. The number of hydrogen-bond donors (Lipinski definition) is 1. The van der Waals surface area contributed by atoms with Crippen molar-refractivity contribution < 1.29 is 9.84 Å². The Hall–Kier alpha value is -1.10. The lowest BCUT2D eigenvalue weighted by atomic mass is 10.1. The van der Waals surface area contributed by atoms with E-state index >= 15 is 0 Å². The fourth-order valence-corrected chi connectivity index (χ4v) is 3.18. The summed E-state index contributed by atoms with van der Waals surface area (Å²) in [4.78, 5) is 5.01. The Kier molecular flexibility index (Phi) is 4.24. The van der Waals surface area contributed by atoms with Crippen molar-refractivity contribution in [3.63, 3.8) is 0 Å². The standard InChI is InChI=1S/C16H24N2O2/c1-13(19)14-2-4-15(5-3-14)18-7-6-16(12-18)17-8-10-20-11-9-17/h2-5,13,16,19H,6-12H2,1H3/t13-,16?/m0/s1. The zero-order valence-electron chi connectivity index (χ0n) is 12.2. The SMILES string of the molecule is C[C@H](O)c1ccc(N2CCC(N3CCOCC3)C2)cc1. The van der Waals surface area contributed by atoms with Crippen molar-refractivity contribution in [2.45, 2.75) is 25.5 Å². The third kappa shape index (κ3) is 2.97. The average Bonchev–Trinajstić information content (AvgIpc) is 2.98. The molecule has 2 aliphatic rings. The quantitative estimate of drug-likeness (QED) is 0.910. The first-order chi connectivity index (χ1) is 9.74. The van der Waals surface area contributed by atoms with Crippen molar-refractivity contribution in [1.82, 2.24) is 4.90 Å². The van der Waals surface area contributed by atoms with Gasteiger partial charge in [0.2, 0.25) is 0 Å². The summed E-state index contributed by atoms with van der Waals surface area (Å²) in [6.45, 7) is 7.92. The number of rotatable bonds is 3. The first kappa shape index (κ1) is 13.9. The highest BCUT2D eigenvalue weighted by Gasteiger charge is 2.28. The van der Waals surface area contributed by atoms with Gasteiger partial charge in [0.05, 0.1) is 19.3 Å². The summed E-state index contributed by atoms with van der Waals surface area (Å²) < 4.78 is 5.43. The fourth-order valence-electron chi connectivity index (χ4n) is 3.18. The molecule has 0 saturated carbocycles. The molecule has 3 rings (SSSR count). The molecule has 0 amide bonds. The minimum absolute atomic E-state index is 0.385. The topological polar surface area (TPSA) is 35.9 Å². The molecule has 110 valence electrons. The second-order valence-corrected chi connectivity index (χ2v) is 5.80. The van der Waals surface area contributed by atoms with Crippen molar-refractivity contribution in [2.24, 2.45) is 0 Å². The number of benzene rings is 1. The van der Waals surface area contributed by atoms with E-state index in [4.69, 9.17) is 4.74 Å². The predicted octanol–water partition coefficient (Wildman–Crippen LogP) is 1.65. The highest BCUT2D eigenvalue weighted by atomic mass is 16.5. The van der Waals surface area contributed by atoms with Gasteiger partial charge in [-0.05, 0) is 31.0 Å². The first-order valence-electron chi connectivity index (χ1n) is 7.59. The normalized spacial score (nSPS) is 25.9. The van der Waals surface area contributed by atoms with Gasteiger partial charge < -0.3 is 14.7 Å². The summed E-state index contributed by atoms with van der Waals surface area (Å²) in [6, 6.07) is 8.98. The maximum absolute atomic E-state index is 9.56. The molecule has 20 heavy (non-hydrogen) atoms. The van der Waals surface area contributed by atoms with E-state index < -0.39 is 0 Å². The van der Waals surface area contributed by atoms with Crippen molar-refractivity contribution >= 4 is 5.69 Å². The minimum atomic E-state index is -0.385. The highest BCUT2D eigenvalue weighted by Crippen LogP contribution is 2.25. The van der Waals surface area contributed by atoms with Crippen LogP contribution >= 0.6 is 0 Å². The van der Waals surface area contributed by atoms with Gasteiger partial charge in [0.25, 0.3) is 0 Å². The molecular weight excluding hydrogens is 252 g/mol. The van der Waals surface area contributed by atoms with Crippen LogP contribution in [0.2, 0.25) is 0 Å². The maximum Gasteiger partial charge on any atom is 0.0761 e. The Bertz CT molecular complexity index is 427. The molecule has 2 fully saturated rings. The smallest absolute Gasteiger partial charge is 0.0761 e. The predicted molar refractivity (Wildman–Crippen MR) is 80.1 cm³/mol. The van der Waals surface area contributed by atoms with Crippen LogP contribution in [-0.2, 0) is 4.74 Å². The summed E-state index contributed by atoms with van der Waals surface area (Å²) in [5.41, 5.74) is 2.25. The van der Waals surface area contributed by atoms with Gasteiger partial charge in [-0.25, -0.2) is 0 Å². The molecule has 1 aromatic rings. The van der Waals surface area contributed by atoms with Gasteiger partial charge in [-0.2, -0.15) is 0 Å². The molecule has 4 heteroatoms. The molecule has 0 aliphatic carbocycles. The van der Waals surface area contributed by atoms with Gasteiger partial charge in [0, 0.05) is 37.9 Å². The summed E-state index contributed by atoms with van der Waals surface area (Å²) >= 11 is 0. The Morgan fingerprint density at radius 3 is 2.50 bits per heavy atom. The van der Waals surface area contributed by atoms with Gasteiger partial charge in [-0.3, -0.25) is 4.90 Å². The van der Waals surface area contributed by atoms with E-state index in [1.54, 1.807) is 6.92 Å². The van der Waals surface area contributed by atoms with E-state index in [0.717, 1.165) is 45.0 Å². The highest BCUT2D eigenvalue weighted by molar-refractivity contribution is 5.49. The molecule has 2 aliphatic heterocycles. The van der Waals surface area contributed by atoms with Crippen molar-refractivity contribution in [1.29, 1.82) is 0 Å². The monoisotopic (exact) mass is 276 g/mol. The molecular formula is C16H24N2O2. The molecule has 4 nitrogen and oxygen atoms in total. The molecule has 1 unspecified atom stereocenters. The largest absolute Gasteiger partial charge is 0.389 e. The molecule has 1 N–H and O–H groups in total. The van der Waals surface area contributed by atoms with Crippen molar-refractivity contribution in [3.05, 3.63) is 29.8 Å². The van der Waals surface area contributed by atoms with E-state index in [1.165, 1.54) is 12.1 Å². The minimum Gasteiger partial charge on any atom is -0.389 e. The number of nitrogens with zero attached hydrogens (tertiary/aromatic N) is 2. The Balaban J connectivity index is 1.61. The third-order valence-electron chi connectivity index (χ3n) is 4.47. The van der Waals surface area contributed by atoms with Crippen LogP contribution in [0.25, 0.3) is 0 Å². The fraction of sp³-hybridized carbons (Fsp3) is 0.625. The van der Waals surface area contributed by atoms with Crippen molar-refractivity contribution in [3.8, 4) is 0 Å². The van der Waals surface area contributed by atoms with Gasteiger partial charge in [0.15, 0.2) is 0 Å². The van der Waals surface area contributed by atoms with E-state index in [9.17, 15) is 5.11 Å². The molecule has 0 aromatic heterocycles. The van der Waals surface area contributed by atoms with Crippen LogP contribution in [0, 0.1) is 0 Å². The van der Waals surface area contributed by atoms with Crippen LogP contribution in [0.1, 0.15) is 25.0 Å². The van der Waals surface area contributed by atoms with Gasteiger partial charge in [-0.1, -0.05) is 12.1 Å². The summed E-state index contributed by atoms with van der Waals surface area (Å²) in [6.07, 6.45) is 0.849. The second-order valence-electron chi connectivity index (χ2n) is 5.80. The molecule has 2 saturated heterocycles. The van der Waals surface area contributed by atoms with E-state index in [-0.39, 0.29) is 6.10 Å². The lowest BCUT2D eigenvalue weighted by Gasteiger charge is -2.32. The van der Waals surface area contributed by atoms with Gasteiger partial charge in [-0.15, -0.1) is 0 Å². The van der Waals surface area contributed by atoms with E-state index in [1.807, 2.05) is 12.1 Å². The number of morpholine rings is 1. The maximum atomic E-state index is 9.56. The lowest BCUT2D eigenvalue weighted by Crippen LogP contribution is -2.44. The number of aliphatic hydroxyl groups is 1. The van der Waals surface area contributed by atoms with Gasteiger partial charge >= 0.3 is 0 Å². The van der Waals surface area contributed by atoms with Crippen LogP contribution in [0.15, 0.2) is 24.3 Å². The van der Waals surface area contributed by atoms with Crippen LogP contribution in [0.5, 0.6) is 0 Å². The summed E-state index contributed by atoms with van der Waals surface area (Å²) in [5, 5.41) is 9.56. The number of anilines is 1. The average molecular weight is 276 g/mol. The zero-order chi connectivity index (χ0) is 13.9. The Morgan fingerprint density at radius 1 is 1.15 bits per heavy atom. The number of hydrogen-bond acceptors (Lipinski definition) is 4. The van der Waals surface area contributed by atoms with E-state index in [0.29, 0.717) is 6.04 Å². The van der Waals surface area contributed by atoms with Crippen LogP contribution in [-0.4, -0.2) is 55.4 Å². The summed E-state index contributed by atoms with van der Waals surface area (Å²) in [7, 11) is 0. The zero-order valence-corrected chi connectivity index (χ0v) is 12.2. The molecule has 0 radical (unpaired) electrons. The first-order valence-corrected chi connectivity index (χ1v) is 7.59. The van der Waals surface area contributed by atoms with E-state index in [2.05, 4.69) is 21.9 Å². The number of aliphatic hydroxyl groups excluding tert-OH is 1. The molecule has 2 atom stereocenters. The molecule has 2 heterocycles. The Labute approximate surface area is 120 Å². The van der Waals surface area contributed by atoms with Crippen LogP contribution in [0.4, 0.5) is 5.69 Å². The molecule has 0 spiro atoms.